The highest BCUT2D eigenvalue weighted by molar-refractivity contribution is 6.14. The van der Waals surface area contributed by atoms with Gasteiger partial charge in [-0.25, -0.2) is 0 Å². The van der Waals surface area contributed by atoms with Gasteiger partial charge in [0.25, 0.3) is 0 Å². The number of fused-ring (bicyclic) bond motifs is 9. The summed E-state index contributed by atoms with van der Waals surface area (Å²) in [6, 6.07) is 99.6. The topological polar surface area (TPSA) is 13.1 Å². The molecule has 332 valence electrons. The summed E-state index contributed by atoms with van der Waals surface area (Å²) in [5, 5.41) is 10.1. The summed E-state index contributed by atoms with van der Waals surface area (Å²) < 4.78 is 4.84. The fraction of sp³-hybridized carbons (Fsp3) is 0. The summed E-state index contributed by atoms with van der Waals surface area (Å²) in [5.41, 5.74) is 17.4. The quantitative estimate of drug-likeness (QED) is 0.139. The molecule has 12 aromatic carbocycles. The van der Waals surface area contributed by atoms with E-state index in [0.717, 1.165) is 39.6 Å². The van der Waals surface area contributed by atoms with Crippen molar-refractivity contribution >= 4 is 82.2 Å². The lowest BCUT2D eigenvalue weighted by molar-refractivity contribution is 1.18. The summed E-state index contributed by atoms with van der Waals surface area (Å²) in [7, 11) is 0. The predicted octanol–water partition coefficient (Wildman–Crippen LogP) is 18.7. The van der Waals surface area contributed by atoms with E-state index >= 15 is 0 Å². The second-order valence-electron chi connectivity index (χ2n) is 18.4. The van der Waals surface area contributed by atoms with Crippen molar-refractivity contribution in [2.45, 2.75) is 0 Å². The molecule has 0 radical (unpaired) electrons. The molecule has 0 amide bonds. The zero-order valence-corrected chi connectivity index (χ0v) is 38.8. The number of para-hydroxylation sites is 6. The molecule has 0 aliphatic carbocycles. The Hall–Kier alpha value is -9.44. The van der Waals surface area contributed by atoms with E-state index in [1.54, 1.807) is 0 Å². The fourth-order valence-electron chi connectivity index (χ4n) is 11.3. The second kappa shape index (κ2) is 16.7. The molecule has 3 nitrogen and oxygen atoms in total. The molecule has 14 rings (SSSR count). The van der Waals surface area contributed by atoms with Crippen LogP contribution in [0.4, 0.5) is 17.1 Å². The van der Waals surface area contributed by atoms with E-state index in [9.17, 15) is 0 Å². The SMILES string of the molecule is c1ccc(-n2c3ccccc3c3ccccc32)c(-c2ccc(N(c3ccc(-c4ccccc4-n4c5ccccc5c5ccccc54)cc3)c3ccc(-c4cc5ccccc5c5ccccc45)cc3)cc2)c1. The van der Waals surface area contributed by atoms with E-state index < -0.39 is 0 Å². The van der Waals surface area contributed by atoms with Crippen LogP contribution in [-0.2, 0) is 0 Å². The first-order valence-corrected chi connectivity index (χ1v) is 24.4. The molecule has 0 aliphatic rings. The Kier molecular flexibility index (Phi) is 9.53. The Bertz CT molecular complexity index is 4020. The Morgan fingerprint density at radius 2 is 0.535 bits per heavy atom. The average Bonchev–Trinajstić information content (AvgIpc) is 3.96. The molecule has 0 N–H and O–H groups in total. The lowest BCUT2D eigenvalue weighted by Gasteiger charge is -2.26. The first-order valence-electron chi connectivity index (χ1n) is 24.4. The third kappa shape index (κ3) is 6.66. The minimum Gasteiger partial charge on any atom is -0.311 e. The van der Waals surface area contributed by atoms with Crippen LogP contribution in [0.15, 0.2) is 273 Å². The highest BCUT2D eigenvalue weighted by Gasteiger charge is 2.20. The molecule has 0 atom stereocenters. The number of rotatable bonds is 8. The molecule has 0 unspecified atom stereocenters. The standard InChI is InChI=1S/C68H45N3/c1-2-18-53-49(17-1)45-62(57-22-4-3-21-56(53)57)48-37-43-52(44-38-48)69(50-39-33-46(34-40-50)54-19-5-11-27-63(54)70-65-29-13-7-23-58(65)59-24-8-14-30-66(59)70)51-41-35-47(36-42-51)55-20-6-12-28-64(55)71-67-31-15-9-25-60(67)61-26-10-16-32-68(61)71/h1-45H. The molecule has 0 spiro atoms. The molecule has 3 heteroatoms. The van der Waals surface area contributed by atoms with Gasteiger partial charge in [0.1, 0.15) is 0 Å². The lowest BCUT2D eigenvalue weighted by atomic mass is 9.93. The second-order valence-corrected chi connectivity index (χ2v) is 18.4. The van der Waals surface area contributed by atoms with Gasteiger partial charge in [-0.05, 0) is 123 Å². The van der Waals surface area contributed by atoms with Crippen LogP contribution in [0.1, 0.15) is 0 Å². The molecular weight excluding hydrogens is 859 g/mol. The van der Waals surface area contributed by atoms with Crippen molar-refractivity contribution in [2.24, 2.45) is 0 Å². The predicted molar refractivity (Wildman–Crippen MR) is 301 cm³/mol. The molecule has 2 aromatic heterocycles. The maximum Gasteiger partial charge on any atom is 0.0541 e. The van der Waals surface area contributed by atoms with E-state index in [-0.39, 0.29) is 0 Å². The molecule has 0 fully saturated rings. The fourth-order valence-corrected chi connectivity index (χ4v) is 11.3. The Labute approximate surface area is 412 Å². The minimum absolute atomic E-state index is 1.07. The maximum atomic E-state index is 2.42. The van der Waals surface area contributed by atoms with Gasteiger partial charge in [0, 0.05) is 49.7 Å². The normalized spacial score (nSPS) is 11.7. The zero-order chi connectivity index (χ0) is 46.8. The lowest BCUT2D eigenvalue weighted by Crippen LogP contribution is -2.10. The smallest absolute Gasteiger partial charge is 0.0541 e. The summed E-state index contributed by atoms with van der Waals surface area (Å²) in [6.07, 6.45) is 0. The van der Waals surface area contributed by atoms with E-state index in [2.05, 4.69) is 287 Å². The van der Waals surface area contributed by atoms with Gasteiger partial charge in [-0.2, -0.15) is 0 Å². The Morgan fingerprint density at radius 1 is 0.225 bits per heavy atom. The first kappa shape index (κ1) is 40.6. The van der Waals surface area contributed by atoms with Gasteiger partial charge in [0.2, 0.25) is 0 Å². The van der Waals surface area contributed by atoms with E-state index in [1.165, 1.54) is 87.4 Å². The van der Waals surface area contributed by atoms with Crippen molar-refractivity contribution in [3.05, 3.63) is 273 Å². The van der Waals surface area contributed by atoms with E-state index in [1.807, 2.05) is 0 Å². The van der Waals surface area contributed by atoms with Crippen molar-refractivity contribution in [3.63, 3.8) is 0 Å². The van der Waals surface area contributed by atoms with Crippen molar-refractivity contribution in [3.8, 4) is 44.8 Å². The molecule has 0 bridgehead atoms. The number of benzene rings is 12. The van der Waals surface area contributed by atoms with Crippen LogP contribution >= 0.6 is 0 Å². The van der Waals surface area contributed by atoms with Crippen LogP contribution in [0.2, 0.25) is 0 Å². The van der Waals surface area contributed by atoms with Gasteiger partial charge in [-0.15, -0.1) is 0 Å². The van der Waals surface area contributed by atoms with Gasteiger partial charge >= 0.3 is 0 Å². The maximum absolute atomic E-state index is 2.42. The summed E-state index contributed by atoms with van der Waals surface area (Å²) in [5.74, 6) is 0. The van der Waals surface area contributed by atoms with Crippen LogP contribution in [0.5, 0.6) is 0 Å². The van der Waals surface area contributed by atoms with Gasteiger partial charge in [0.15, 0.2) is 0 Å². The average molecular weight is 904 g/mol. The van der Waals surface area contributed by atoms with Crippen LogP contribution in [-0.4, -0.2) is 9.13 Å². The largest absolute Gasteiger partial charge is 0.311 e. The highest BCUT2D eigenvalue weighted by atomic mass is 15.1. The third-order valence-electron chi connectivity index (χ3n) is 14.5. The summed E-state index contributed by atoms with van der Waals surface area (Å²) in [4.78, 5) is 2.38. The minimum atomic E-state index is 1.07. The molecule has 0 saturated heterocycles. The van der Waals surface area contributed by atoms with Crippen molar-refractivity contribution < 1.29 is 0 Å². The number of nitrogens with zero attached hydrogens (tertiary/aromatic N) is 3. The summed E-state index contributed by atoms with van der Waals surface area (Å²) in [6.45, 7) is 0. The number of hydrogen-bond acceptors (Lipinski definition) is 1. The Morgan fingerprint density at radius 3 is 0.958 bits per heavy atom. The Balaban J connectivity index is 0.887. The molecule has 14 aromatic rings. The molecule has 0 aliphatic heterocycles. The van der Waals surface area contributed by atoms with Gasteiger partial charge in [-0.1, -0.05) is 194 Å². The van der Waals surface area contributed by atoms with Gasteiger partial charge in [0.05, 0.1) is 33.4 Å². The number of hydrogen-bond donors (Lipinski definition) is 0. The van der Waals surface area contributed by atoms with Gasteiger partial charge < -0.3 is 14.0 Å². The molecular formula is C68H45N3. The van der Waals surface area contributed by atoms with Crippen molar-refractivity contribution in [1.82, 2.24) is 9.13 Å². The van der Waals surface area contributed by atoms with Crippen molar-refractivity contribution in [2.75, 3.05) is 4.90 Å². The number of aromatic nitrogens is 2. The number of anilines is 3. The first-order chi connectivity index (χ1) is 35.2. The monoisotopic (exact) mass is 903 g/mol. The van der Waals surface area contributed by atoms with Crippen molar-refractivity contribution in [1.29, 1.82) is 0 Å². The molecule has 0 saturated carbocycles. The van der Waals surface area contributed by atoms with Crippen LogP contribution in [0.25, 0.3) is 110 Å². The van der Waals surface area contributed by atoms with Gasteiger partial charge in [-0.3, -0.25) is 0 Å². The van der Waals surface area contributed by atoms with Crippen LogP contribution in [0, 0.1) is 0 Å². The third-order valence-corrected chi connectivity index (χ3v) is 14.5. The zero-order valence-electron chi connectivity index (χ0n) is 38.8. The van der Waals surface area contributed by atoms with Crippen LogP contribution in [0.3, 0.4) is 0 Å². The van der Waals surface area contributed by atoms with E-state index in [4.69, 9.17) is 0 Å². The molecule has 2 heterocycles. The highest BCUT2D eigenvalue weighted by Crippen LogP contribution is 2.43. The van der Waals surface area contributed by atoms with E-state index in [0.29, 0.717) is 0 Å². The van der Waals surface area contributed by atoms with Crippen LogP contribution < -0.4 is 4.90 Å². The molecule has 71 heavy (non-hydrogen) atoms. The summed E-state index contributed by atoms with van der Waals surface area (Å²) >= 11 is 0.